The minimum atomic E-state index is -0.340. The number of piperidine rings is 1. The van der Waals surface area contributed by atoms with Gasteiger partial charge in [0.2, 0.25) is 5.89 Å². The zero-order valence-electron chi connectivity index (χ0n) is 20.1. The number of amides is 1. The second kappa shape index (κ2) is 9.82. The van der Waals surface area contributed by atoms with Gasteiger partial charge in [0.1, 0.15) is 6.26 Å². The van der Waals surface area contributed by atoms with Gasteiger partial charge in [-0.2, -0.15) is 4.98 Å². The second-order valence-electron chi connectivity index (χ2n) is 9.00. The third-order valence-electron chi connectivity index (χ3n) is 6.42. The zero-order valence-corrected chi connectivity index (χ0v) is 20.9. The van der Waals surface area contributed by atoms with Crippen molar-refractivity contribution in [2.75, 3.05) is 54.5 Å². The number of ether oxygens (including phenoxy) is 1. The van der Waals surface area contributed by atoms with E-state index in [4.69, 9.17) is 19.1 Å². The summed E-state index contributed by atoms with van der Waals surface area (Å²) < 4.78 is 12.0. The molecule has 6 heterocycles. The minimum absolute atomic E-state index is 0.211. The SMILES string of the molecule is Cc1cc(-c2nc(C(=O)Nc3cc4sc(N5CCOCC5)nc4nc3N3CCCCC3)co2)ccn1. The third-order valence-corrected chi connectivity index (χ3v) is 7.47. The molecule has 6 rings (SSSR count). The van der Waals surface area contributed by atoms with Crippen molar-refractivity contribution in [3.63, 3.8) is 0 Å². The number of carbonyl (C=O) groups is 1. The van der Waals surface area contributed by atoms with Gasteiger partial charge in [-0.05, 0) is 44.4 Å². The van der Waals surface area contributed by atoms with Crippen LogP contribution in [-0.4, -0.2) is 65.2 Å². The summed E-state index contributed by atoms with van der Waals surface area (Å²) in [5.41, 5.74) is 3.21. The monoisotopic (exact) mass is 505 g/mol. The lowest BCUT2D eigenvalue weighted by molar-refractivity contribution is 0.102. The molecule has 0 aromatic carbocycles. The van der Waals surface area contributed by atoms with Crippen LogP contribution in [-0.2, 0) is 4.74 Å². The van der Waals surface area contributed by atoms with Gasteiger partial charge in [-0.25, -0.2) is 9.97 Å². The summed E-state index contributed by atoms with van der Waals surface area (Å²) in [6.45, 7) is 6.72. The Morgan fingerprint density at radius 3 is 2.67 bits per heavy atom. The van der Waals surface area contributed by atoms with Gasteiger partial charge in [0, 0.05) is 43.6 Å². The quantitative estimate of drug-likeness (QED) is 0.428. The lowest BCUT2D eigenvalue weighted by Crippen LogP contribution is -2.36. The van der Waals surface area contributed by atoms with Gasteiger partial charge in [0.05, 0.1) is 23.6 Å². The molecule has 0 spiro atoms. The lowest BCUT2D eigenvalue weighted by Gasteiger charge is -2.29. The average Bonchev–Trinajstić information content (AvgIpc) is 3.57. The van der Waals surface area contributed by atoms with E-state index >= 15 is 0 Å². The number of aromatic nitrogens is 4. The number of anilines is 3. The standard InChI is InChI=1S/C25H27N7O3S/c1-16-13-17(5-6-26-16)24-28-19(15-35-24)23(33)27-18-14-20-21(29-22(18)31-7-3-2-4-8-31)30-25(36-20)32-9-11-34-12-10-32/h5-6,13-15H,2-4,7-12H2,1H3,(H,27,33). The van der Waals surface area contributed by atoms with Crippen molar-refractivity contribution in [3.8, 4) is 11.5 Å². The summed E-state index contributed by atoms with van der Waals surface area (Å²) in [6, 6.07) is 5.66. The molecule has 2 saturated heterocycles. The molecule has 2 aliphatic heterocycles. The first-order valence-electron chi connectivity index (χ1n) is 12.2. The van der Waals surface area contributed by atoms with Crippen LogP contribution < -0.4 is 15.1 Å². The number of carbonyl (C=O) groups excluding carboxylic acids is 1. The van der Waals surface area contributed by atoms with Crippen LogP contribution in [0.1, 0.15) is 35.4 Å². The van der Waals surface area contributed by atoms with Gasteiger partial charge in [-0.3, -0.25) is 9.78 Å². The van der Waals surface area contributed by atoms with Crippen molar-refractivity contribution >= 4 is 44.2 Å². The Morgan fingerprint density at radius 2 is 1.86 bits per heavy atom. The van der Waals surface area contributed by atoms with Gasteiger partial charge < -0.3 is 24.3 Å². The Labute approximate surface area is 212 Å². The van der Waals surface area contributed by atoms with Gasteiger partial charge in [0.25, 0.3) is 5.91 Å². The first-order chi connectivity index (χ1) is 17.6. The number of pyridine rings is 2. The Hall–Kier alpha value is -3.57. The van der Waals surface area contributed by atoms with Crippen molar-refractivity contribution in [2.45, 2.75) is 26.2 Å². The largest absolute Gasteiger partial charge is 0.444 e. The van der Waals surface area contributed by atoms with Crippen LogP contribution in [0, 0.1) is 6.92 Å². The highest BCUT2D eigenvalue weighted by Gasteiger charge is 2.23. The molecular weight excluding hydrogens is 478 g/mol. The molecule has 0 unspecified atom stereocenters. The van der Waals surface area contributed by atoms with E-state index in [0.717, 1.165) is 65.9 Å². The van der Waals surface area contributed by atoms with Crippen molar-refractivity contribution in [1.82, 2.24) is 19.9 Å². The summed E-state index contributed by atoms with van der Waals surface area (Å²) in [4.78, 5) is 36.1. The number of thiazole rings is 1. The van der Waals surface area contributed by atoms with E-state index in [2.05, 4.69) is 25.1 Å². The average molecular weight is 506 g/mol. The second-order valence-corrected chi connectivity index (χ2v) is 10.0. The van der Waals surface area contributed by atoms with Gasteiger partial charge in [-0.15, -0.1) is 0 Å². The molecule has 0 aliphatic carbocycles. The fourth-order valence-electron chi connectivity index (χ4n) is 4.55. The fraction of sp³-hybridized carbons (Fsp3) is 0.400. The number of hydrogen-bond donors (Lipinski definition) is 1. The molecular formula is C25H27N7O3S. The molecule has 36 heavy (non-hydrogen) atoms. The number of nitrogens with zero attached hydrogens (tertiary/aromatic N) is 6. The van der Waals surface area contributed by atoms with Crippen molar-refractivity contribution < 1.29 is 13.9 Å². The molecule has 0 atom stereocenters. The van der Waals surface area contributed by atoms with E-state index in [9.17, 15) is 4.79 Å². The van der Waals surface area contributed by atoms with Crippen molar-refractivity contribution in [3.05, 3.63) is 42.0 Å². The predicted molar refractivity (Wildman–Crippen MR) is 139 cm³/mol. The summed E-state index contributed by atoms with van der Waals surface area (Å²) in [5, 5.41) is 3.98. The maximum atomic E-state index is 13.2. The predicted octanol–water partition coefficient (Wildman–Crippen LogP) is 4.13. The smallest absolute Gasteiger partial charge is 0.277 e. The van der Waals surface area contributed by atoms with Crippen LogP contribution in [0.25, 0.3) is 21.8 Å². The van der Waals surface area contributed by atoms with E-state index < -0.39 is 0 Å². The number of fused-ring (bicyclic) bond motifs is 1. The van der Waals surface area contributed by atoms with Gasteiger partial charge >= 0.3 is 0 Å². The molecule has 2 aliphatic rings. The molecule has 0 radical (unpaired) electrons. The number of nitrogens with one attached hydrogen (secondary N) is 1. The summed E-state index contributed by atoms with van der Waals surface area (Å²) >= 11 is 1.59. The van der Waals surface area contributed by atoms with Crippen LogP contribution in [0.2, 0.25) is 0 Å². The number of rotatable bonds is 5. The maximum absolute atomic E-state index is 13.2. The Balaban J connectivity index is 1.31. The Kier molecular flexibility index (Phi) is 6.24. The molecule has 1 N–H and O–H groups in total. The highest BCUT2D eigenvalue weighted by atomic mass is 32.1. The topological polar surface area (TPSA) is 110 Å². The Bertz CT molecular complexity index is 1390. The Morgan fingerprint density at radius 1 is 1.03 bits per heavy atom. The molecule has 186 valence electrons. The summed E-state index contributed by atoms with van der Waals surface area (Å²) in [5.74, 6) is 0.795. The van der Waals surface area contributed by atoms with E-state index in [1.165, 1.54) is 12.7 Å². The third kappa shape index (κ3) is 4.63. The first kappa shape index (κ1) is 22.9. The first-order valence-corrected chi connectivity index (χ1v) is 13.0. The zero-order chi connectivity index (χ0) is 24.5. The van der Waals surface area contributed by atoms with Crippen LogP contribution in [0.15, 0.2) is 35.1 Å². The van der Waals surface area contributed by atoms with E-state index in [0.29, 0.717) is 30.4 Å². The van der Waals surface area contributed by atoms with Crippen molar-refractivity contribution in [1.29, 1.82) is 0 Å². The molecule has 2 fully saturated rings. The van der Waals surface area contributed by atoms with Gasteiger partial charge in [0.15, 0.2) is 22.3 Å². The highest BCUT2D eigenvalue weighted by molar-refractivity contribution is 7.22. The van der Waals surface area contributed by atoms with Crippen LogP contribution in [0.5, 0.6) is 0 Å². The van der Waals surface area contributed by atoms with E-state index in [1.807, 2.05) is 25.1 Å². The summed E-state index contributed by atoms with van der Waals surface area (Å²) in [6.07, 6.45) is 6.48. The highest BCUT2D eigenvalue weighted by Crippen LogP contribution is 2.35. The van der Waals surface area contributed by atoms with Crippen LogP contribution in [0.4, 0.5) is 16.6 Å². The summed E-state index contributed by atoms with van der Waals surface area (Å²) in [7, 11) is 0. The lowest BCUT2D eigenvalue weighted by atomic mass is 10.1. The normalized spacial score (nSPS) is 16.5. The van der Waals surface area contributed by atoms with E-state index in [1.54, 1.807) is 17.5 Å². The number of oxazole rings is 1. The van der Waals surface area contributed by atoms with Crippen LogP contribution in [0.3, 0.4) is 0 Å². The minimum Gasteiger partial charge on any atom is -0.444 e. The van der Waals surface area contributed by atoms with E-state index in [-0.39, 0.29) is 11.6 Å². The molecule has 0 saturated carbocycles. The number of morpholine rings is 1. The molecule has 1 amide bonds. The molecule has 11 heteroatoms. The molecule has 10 nitrogen and oxygen atoms in total. The van der Waals surface area contributed by atoms with Crippen molar-refractivity contribution in [2.24, 2.45) is 0 Å². The molecule has 4 aromatic rings. The maximum Gasteiger partial charge on any atom is 0.277 e. The van der Waals surface area contributed by atoms with Crippen LogP contribution >= 0.6 is 11.3 Å². The fourth-order valence-corrected chi connectivity index (χ4v) is 5.55. The number of aryl methyl sites for hydroxylation is 1. The number of hydrogen-bond acceptors (Lipinski definition) is 10. The van der Waals surface area contributed by atoms with Gasteiger partial charge in [-0.1, -0.05) is 11.3 Å². The molecule has 0 bridgehead atoms. The molecule has 4 aromatic heterocycles.